The predicted octanol–water partition coefficient (Wildman–Crippen LogP) is -1.87. The Morgan fingerprint density at radius 3 is 0.838 bits per heavy atom. The lowest BCUT2D eigenvalue weighted by atomic mass is 9.95. The molecule has 19 atom stereocenters. The van der Waals surface area contributed by atoms with E-state index in [0.717, 1.165) is 83.1 Å². The fourth-order valence-electron chi connectivity index (χ4n) is 8.75. The number of rotatable bonds is 22. The molecule has 4 rings (SSSR count). The molecule has 4 aliphatic heterocycles. The van der Waals surface area contributed by atoms with Crippen molar-refractivity contribution in [2.24, 2.45) is 0 Å². The van der Waals surface area contributed by atoms with Crippen LogP contribution < -0.4 is 0 Å². The van der Waals surface area contributed by atoms with E-state index in [1.54, 1.807) is 0 Å². The Morgan fingerprint density at radius 2 is 0.537 bits per heavy atom. The molecule has 0 bridgehead atoms. The summed E-state index contributed by atoms with van der Waals surface area (Å²) in [6, 6.07) is 0. The Balaban J connectivity index is 1.93. The molecule has 450 valence electrons. The van der Waals surface area contributed by atoms with Gasteiger partial charge in [-0.1, -0.05) is 0 Å². The van der Waals surface area contributed by atoms with Gasteiger partial charge in [0, 0.05) is 89.5 Å². The highest BCUT2D eigenvalue weighted by Gasteiger charge is 2.61. The quantitative estimate of drug-likeness (QED) is 0.0916. The van der Waals surface area contributed by atoms with Crippen molar-refractivity contribution in [3.05, 3.63) is 0 Å². The molecule has 1 unspecified atom stereocenters. The zero-order valence-electron chi connectivity index (χ0n) is 45.6. The molecule has 0 spiro atoms. The highest BCUT2D eigenvalue weighted by molar-refractivity contribution is 5.70. The molecular formula is C48H66O32. The lowest BCUT2D eigenvalue weighted by molar-refractivity contribution is -0.384. The van der Waals surface area contributed by atoms with E-state index >= 15 is 0 Å². The second kappa shape index (κ2) is 30.2. The number of ether oxygens (including phenoxy) is 19. The van der Waals surface area contributed by atoms with Crippen molar-refractivity contribution >= 4 is 71.6 Å². The molecule has 0 aliphatic carbocycles. The zero-order valence-corrected chi connectivity index (χ0v) is 45.6. The lowest BCUT2D eigenvalue weighted by Crippen LogP contribution is -2.69. The van der Waals surface area contributed by atoms with E-state index in [2.05, 4.69) is 0 Å². The molecule has 1 N–H and O–H groups in total. The summed E-state index contributed by atoms with van der Waals surface area (Å²) in [5.41, 5.74) is 0. The van der Waals surface area contributed by atoms with Gasteiger partial charge in [0.25, 0.3) is 0 Å². The van der Waals surface area contributed by atoms with Crippen LogP contribution in [0, 0.1) is 0 Å². The molecule has 0 amide bonds. The van der Waals surface area contributed by atoms with Gasteiger partial charge in [0.2, 0.25) is 0 Å². The van der Waals surface area contributed by atoms with Crippen molar-refractivity contribution in [1.29, 1.82) is 0 Å². The number of aliphatic hydroxyl groups excluding tert-OH is 1. The summed E-state index contributed by atoms with van der Waals surface area (Å²) in [6.45, 7) is 8.69. The smallest absolute Gasteiger partial charge is 0.303 e. The number of hydrogen-bond donors (Lipinski definition) is 1. The Labute approximate surface area is 456 Å². The molecule has 0 saturated carbocycles. The fourth-order valence-corrected chi connectivity index (χ4v) is 8.75. The minimum atomic E-state index is -2.15. The third kappa shape index (κ3) is 19.8. The maximum Gasteiger partial charge on any atom is 0.303 e. The Morgan fingerprint density at radius 1 is 0.300 bits per heavy atom. The molecule has 80 heavy (non-hydrogen) atoms. The number of aliphatic hydroxyl groups is 1. The summed E-state index contributed by atoms with van der Waals surface area (Å²) in [4.78, 5) is 152. The molecule has 32 heteroatoms. The molecule has 0 aromatic heterocycles. The predicted molar refractivity (Wildman–Crippen MR) is 247 cm³/mol. The van der Waals surface area contributed by atoms with Crippen molar-refractivity contribution in [1.82, 2.24) is 0 Å². The van der Waals surface area contributed by atoms with Crippen molar-refractivity contribution < 1.29 is 153 Å². The van der Waals surface area contributed by atoms with Crippen LogP contribution in [0.4, 0.5) is 0 Å². The van der Waals surface area contributed by atoms with E-state index < -0.39 is 221 Å². The summed E-state index contributed by atoms with van der Waals surface area (Å²) in [5, 5.41) is 10.8. The molecule has 4 saturated heterocycles. The monoisotopic (exact) mass is 1150 g/mol. The molecule has 0 aromatic carbocycles. The summed E-state index contributed by atoms with van der Waals surface area (Å²) < 4.78 is 109. The first-order valence-corrected chi connectivity index (χ1v) is 24.6. The second-order valence-corrected chi connectivity index (χ2v) is 18.2. The van der Waals surface area contributed by atoms with E-state index in [1.807, 2.05) is 0 Å². The van der Waals surface area contributed by atoms with Gasteiger partial charge in [-0.2, -0.15) is 0 Å². The van der Waals surface area contributed by atoms with Crippen LogP contribution in [0.25, 0.3) is 0 Å². The van der Waals surface area contributed by atoms with Crippen LogP contribution in [0.5, 0.6) is 0 Å². The van der Waals surface area contributed by atoms with Gasteiger partial charge in [-0.3, -0.25) is 57.5 Å². The first-order valence-electron chi connectivity index (χ1n) is 24.6. The third-order valence-electron chi connectivity index (χ3n) is 11.4. The van der Waals surface area contributed by atoms with Gasteiger partial charge in [0.1, 0.15) is 69.2 Å². The molecule has 4 heterocycles. The minimum Gasteiger partial charge on any atom is -0.463 e. The van der Waals surface area contributed by atoms with Gasteiger partial charge in [-0.25, -0.2) is 0 Å². The van der Waals surface area contributed by atoms with Gasteiger partial charge in [-0.15, -0.1) is 0 Å². The van der Waals surface area contributed by atoms with Crippen LogP contribution in [-0.4, -0.2) is 220 Å². The first kappa shape index (κ1) is 65.8. The van der Waals surface area contributed by atoms with E-state index in [1.165, 1.54) is 0 Å². The van der Waals surface area contributed by atoms with Crippen LogP contribution in [0.3, 0.4) is 0 Å². The van der Waals surface area contributed by atoms with Crippen molar-refractivity contribution in [2.75, 3.05) is 26.4 Å². The fraction of sp³-hybridized carbons (Fsp3) is 0.750. The average molecular weight is 1160 g/mol. The van der Waals surface area contributed by atoms with E-state index in [0.29, 0.717) is 0 Å². The molecular weight excluding hydrogens is 1090 g/mol. The number of esters is 12. The first-order chi connectivity index (χ1) is 37.4. The van der Waals surface area contributed by atoms with Crippen LogP contribution in [0.2, 0.25) is 0 Å². The average Bonchev–Trinajstić information content (AvgIpc) is 3.31. The molecule has 0 radical (unpaired) electrons. The Hall–Kier alpha value is -6.68. The van der Waals surface area contributed by atoms with Crippen LogP contribution >= 0.6 is 0 Å². The maximum atomic E-state index is 13.2. The zero-order chi connectivity index (χ0) is 59.9. The summed E-state index contributed by atoms with van der Waals surface area (Å²) in [6.07, 6.45) is -35.1. The molecule has 4 aliphatic rings. The van der Waals surface area contributed by atoms with Gasteiger partial charge < -0.3 is 95.1 Å². The van der Waals surface area contributed by atoms with E-state index in [-0.39, 0.29) is 0 Å². The van der Waals surface area contributed by atoms with Gasteiger partial charge >= 0.3 is 71.6 Å². The SMILES string of the molecule is CC(=O)OC[C@H]1OC(O)C[C@@H](O[C@@H]2O[C@H](COC(C)=O)[C@@H](O[C@@H]3O[C@H](COC(C)=O)[C@@H](O[C@@H]4O[C@H](COC(C)=O)[C@@H](OC(C)=O)[C@H](OC(C)=O)[C@H]4OC(C)=O)[C@H](OC(C)=O)[C@H]3OC(C)=O)[C@H](OC(C)=O)[C@H]2OC(C)=O)[C@@H]1OC(C)=O. The third-order valence-corrected chi connectivity index (χ3v) is 11.4. The van der Waals surface area contributed by atoms with Crippen molar-refractivity contribution in [3.8, 4) is 0 Å². The van der Waals surface area contributed by atoms with E-state index in [9.17, 15) is 62.6 Å². The van der Waals surface area contributed by atoms with Crippen molar-refractivity contribution in [2.45, 2.75) is 206 Å². The minimum absolute atomic E-state index is 0.490. The topological polar surface area (TPSA) is 400 Å². The highest BCUT2D eigenvalue weighted by Crippen LogP contribution is 2.39. The largest absolute Gasteiger partial charge is 0.463 e. The number of carbonyl (C=O) groups is 12. The standard InChI is InChI=1S/C48H66O32/c1-18(49)62-14-31-36(66-22(5)53)30(13-35(61)74-31)75-46-43(71-27(10)58)41(69-25(8)56)38(33(76-46)16-64-20(3)51)79-48-45(73-29(12)60)42(70-26(9)57)39(34(78-48)17-65-21(4)52)80-47-44(72-28(11)59)40(68-24(7)55)37(67-23(6)54)32(77-47)15-63-19(2)50/h30-48,61H,13-17H2,1-12H3/t30-,31-,32-,33-,34-,35?,36+,37-,38-,39-,40+,41+,42+,43-,44-,45-,46-,47+,48+/m1/s1. The summed E-state index contributed by atoms with van der Waals surface area (Å²) in [7, 11) is 0. The summed E-state index contributed by atoms with van der Waals surface area (Å²) >= 11 is 0. The maximum absolute atomic E-state index is 13.2. The van der Waals surface area contributed by atoms with Crippen LogP contribution in [-0.2, 0) is 148 Å². The van der Waals surface area contributed by atoms with Crippen LogP contribution in [0.1, 0.15) is 89.5 Å². The van der Waals surface area contributed by atoms with E-state index in [4.69, 9.17) is 90.0 Å². The van der Waals surface area contributed by atoms with Gasteiger partial charge in [0.05, 0.1) is 0 Å². The normalized spacial score (nSPS) is 32.9. The molecule has 4 fully saturated rings. The number of carbonyl (C=O) groups excluding carboxylic acids is 12. The second-order valence-electron chi connectivity index (χ2n) is 18.2. The molecule has 0 aromatic rings. The van der Waals surface area contributed by atoms with Gasteiger partial charge in [0.15, 0.2) is 74.0 Å². The highest BCUT2D eigenvalue weighted by atomic mass is 16.8. The Bertz CT molecular complexity index is 2250. The van der Waals surface area contributed by atoms with Crippen molar-refractivity contribution in [3.63, 3.8) is 0 Å². The number of hydrogen-bond acceptors (Lipinski definition) is 32. The van der Waals surface area contributed by atoms with Gasteiger partial charge in [-0.05, 0) is 0 Å². The molecule has 32 nitrogen and oxygen atoms in total. The lowest BCUT2D eigenvalue weighted by Gasteiger charge is -2.50. The summed E-state index contributed by atoms with van der Waals surface area (Å²) in [5.74, 6) is -11.8. The Kier molecular flexibility index (Phi) is 24.9. The van der Waals surface area contributed by atoms with Crippen LogP contribution in [0.15, 0.2) is 0 Å².